The molecule has 1 atom stereocenters. The van der Waals surface area contributed by atoms with Crippen molar-refractivity contribution < 1.29 is 13.2 Å². The molecule has 1 unspecified atom stereocenters. The van der Waals surface area contributed by atoms with E-state index in [-0.39, 0.29) is 13.0 Å². The molecule has 0 radical (unpaired) electrons. The summed E-state index contributed by atoms with van der Waals surface area (Å²) >= 11 is 1.25. The van der Waals surface area contributed by atoms with Gasteiger partial charge in [-0.3, -0.25) is 4.90 Å². The van der Waals surface area contributed by atoms with E-state index in [1.807, 2.05) is 11.8 Å². The third-order valence-electron chi connectivity index (χ3n) is 3.23. The molecule has 2 rings (SSSR count). The van der Waals surface area contributed by atoms with Gasteiger partial charge in [-0.2, -0.15) is 13.2 Å². The van der Waals surface area contributed by atoms with Crippen LogP contribution < -0.4 is 5.32 Å². The Morgan fingerprint density at radius 3 is 2.95 bits per heavy atom. The quantitative estimate of drug-likeness (QED) is 0.927. The minimum Gasteiger partial charge on any atom is -0.374 e. The molecule has 1 aliphatic heterocycles. The molecule has 1 N–H and O–H groups in total. The average Bonchev–Trinajstić information content (AvgIpc) is 2.77. The number of hydrogen-bond donors (Lipinski definition) is 1. The minimum atomic E-state index is -4.09. The summed E-state index contributed by atoms with van der Waals surface area (Å²) in [6.45, 7) is 3.90. The molecule has 0 aromatic carbocycles. The molecule has 0 aliphatic carbocycles. The Bertz CT molecular complexity index is 407. The van der Waals surface area contributed by atoms with Gasteiger partial charge in [0.05, 0.1) is 5.92 Å². The van der Waals surface area contributed by atoms with Gasteiger partial charge in [0.25, 0.3) is 0 Å². The zero-order chi connectivity index (χ0) is 13.9. The lowest BCUT2D eigenvalue weighted by atomic mass is 9.97. The zero-order valence-corrected chi connectivity index (χ0v) is 11.5. The molecule has 108 valence electrons. The van der Waals surface area contributed by atoms with Crippen LogP contribution in [0.25, 0.3) is 0 Å². The largest absolute Gasteiger partial charge is 0.393 e. The second kappa shape index (κ2) is 6.04. The molecular formula is C11H17F3N4S. The molecule has 1 aromatic heterocycles. The van der Waals surface area contributed by atoms with E-state index >= 15 is 0 Å². The SMILES string of the molecule is CCNc1snnc1CN1CCCC(C(F)(F)F)C1. The van der Waals surface area contributed by atoms with Crippen LogP contribution in [0, 0.1) is 5.92 Å². The van der Waals surface area contributed by atoms with Gasteiger partial charge in [-0.05, 0) is 26.3 Å². The summed E-state index contributed by atoms with van der Waals surface area (Å²) in [5.41, 5.74) is 0.745. The van der Waals surface area contributed by atoms with Crippen LogP contribution in [0.3, 0.4) is 0 Å². The van der Waals surface area contributed by atoms with E-state index < -0.39 is 12.1 Å². The van der Waals surface area contributed by atoms with Gasteiger partial charge in [-0.25, -0.2) is 0 Å². The Hall–Kier alpha value is -0.890. The van der Waals surface area contributed by atoms with Crippen molar-refractivity contribution in [2.45, 2.75) is 32.5 Å². The average molecular weight is 294 g/mol. The molecule has 8 heteroatoms. The number of anilines is 1. The van der Waals surface area contributed by atoms with Crippen LogP contribution in [-0.4, -0.2) is 40.3 Å². The lowest BCUT2D eigenvalue weighted by Gasteiger charge is -2.33. The highest BCUT2D eigenvalue weighted by Crippen LogP contribution is 2.33. The number of likely N-dealkylation sites (tertiary alicyclic amines) is 1. The number of aromatic nitrogens is 2. The Morgan fingerprint density at radius 1 is 1.47 bits per heavy atom. The number of nitrogens with one attached hydrogen (secondary N) is 1. The maximum Gasteiger partial charge on any atom is 0.393 e. The van der Waals surface area contributed by atoms with Crippen molar-refractivity contribution in [2.75, 3.05) is 25.0 Å². The predicted octanol–water partition coefficient (Wildman–Crippen LogP) is 2.74. The highest BCUT2D eigenvalue weighted by molar-refractivity contribution is 7.10. The number of rotatable bonds is 4. The third kappa shape index (κ3) is 3.79. The third-order valence-corrected chi connectivity index (χ3v) is 3.96. The molecular weight excluding hydrogens is 277 g/mol. The van der Waals surface area contributed by atoms with Crippen LogP contribution in [-0.2, 0) is 6.54 Å². The molecule has 0 spiro atoms. The molecule has 1 fully saturated rings. The molecule has 1 saturated heterocycles. The van der Waals surface area contributed by atoms with Crippen molar-refractivity contribution in [1.82, 2.24) is 14.5 Å². The maximum absolute atomic E-state index is 12.7. The van der Waals surface area contributed by atoms with Crippen LogP contribution in [0.15, 0.2) is 0 Å². The van der Waals surface area contributed by atoms with Gasteiger partial charge >= 0.3 is 6.18 Å². The van der Waals surface area contributed by atoms with Crippen molar-refractivity contribution in [3.63, 3.8) is 0 Å². The van der Waals surface area contributed by atoms with Crippen molar-refractivity contribution >= 4 is 16.5 Å². The van der Waals surface area contributed by atoms with Crippen molar-refractivity contribution in [2.24, 2.45) is 5.92 Å². The first-order valence-corrected chi connectivity index (χ1v) is 7.12. The Kier molecular flexibility index (Phi) is 4.62. The number of piperidine rings is 1. The van der Waals surface area contributed by atoms with Gasteiger partial charge in [0.1, 0.15) is 10.7 Å². The number of alkyl halides is 3. The molecule has 4 nitrogen and oxygen atoms in total. The Labute approximate surface area is 114 Å². The first-order chi connectivity index (χ1) is 9.00. The summed E-state index contributed by atoms with van der Waals surface area (Å²) in [6, 6.07) is 0. The van der Waals surface area contributed by atoms with E-state index in [9.17, 15) is 13.2 Å². The summed E-state index contributed by atoms with van der Waals surface area (Å²) in [7, 11) is 0. The van der Waals surface area contributed by atoms with Crippen LogP contribution >= 0.6 is 11.5 Å². The topological polar surface area (TPSA) is 41.1 Å². The minimum absolute atomic E-state index is 0.0621. The van der Waals surface area contributed by atoms with Crippen LogP contribution in [0.2, 0.25) is 0 Å². The number of nitrogens with zero attached hydrogens (tertiary/aromatic N) is 3. The first kappa shape index (κ1) is 14.5. The highest BCUT2D eigenvalue weighted by atomic mass is 32.1. The van der Waals surface area contributed by atoms with Crippen molar-refractivity contribution in [1.29, 1.82) is 0 Å². The van der Waals surface area contributed by atoms with E-state index in [0.717, 1.165) is 17.2 Å². The smallest absolute Gasteiger partial charge is 0.374 e. The van der Waals surface area contributed by atoms with E-state index in [2.05, 4.69) is 14.9 Å². The maximum atomic E-state index is 12.7. The Morgan fingerprint density at radius 2 is 2.26 bits per heavy atom. The van der Waals surface area contributed by atoms with Crippen LogP contribution in [0.4, 0.5) is 18.2 Å². The van der Waals surface area contributed by atoms with Gasteiger partial charge in [0, 0.05) is 31.2 Å². The normalized spacial score (nSPS) is 21.6. The fraction of sp³-hybridized carbons (Fsp3) is 0.818. The molecule has 1 aliphatic rings. The monoisotopic (exact) mass is 294 g/mol. The van der Waals surface area contributed by atoms with Crippen molar-refractivity contribution in [3.8, 4) is 0 Å². The van der Waals surface area contributed by atoms with E-state index in [4.69, 9.17) is 0 Å². The van der Waals surface area contributed by atoms with Crippen LogP contribution in [0.5, 0.6) is 0 Å². The Balaban J connectivity index is 1.97. The standard InChI is InChI=1S/C11H17F3N4S/c1-2-15-10-9(16-17-19-10)7-18-5-3-4-8(6-18)11(12,13)14/h8,15H,2-7H2,1H3. The molecule has 1 aromatic rings. The second-order valence-corrected chi connectivity index (χ2v) is 5.45. The van der Waals surface area contributed by atoms with E-state index in [0.29, 0.717) is 19.5 Å². The predicted molar refractivity (Wildman–Crippen MR) is 68.1 cm³/mol. The number of hydrogen-bond acceptors (Lipinski definition) is 5. The van der Waals surface area contributed by atoms with Crippen molar-refractivity contribution in [3.05, 3.63) is 5.69 Å². The summed E-state index contributed by atoms with van der Waals surface area (Å²) in [4.78, 5) is 1.82. The highest BCUT2D eigenvalue weighted by Gasteiger charge is 2.41. The van der Waals surface area contributed by atoms with Gasteiger partial charge < -0.3 is 5.32 Å². The fourth-order valence-corrected chi connectivity index (χ4v) is 2.93. The zero-order valence-electron chi connectivity index (χ0n) is 10.7. The van der Waals surface area contributed by atoms with Gasteiger partial charge in [-0.1, -0.05) is 4.49 Å². The summed E-state index contributed by atoms with van der Waals surface area (Å²) in [5, 5.41) is 7.99. The molecule has 0 saturated carbocycles. The van der Waals surface area contributed by atoms with Crippen LogP contribution in [0.1, 0.15) is 25.5 Å². The molecule has 2 heterocycles. The summed E-state index contributed by atoms with van der Waals surface area (Å²) in [6.07, 6.45) is -3.28. The van der Waals surface area contributed by atoms with Gasteiger partial charge in [0.15, 0.2) is 0 Å². The van der Waals surface area contributed by atoms with Gasteiger partial charge in [0.2, 0.25) is 0 Å². The lowest BCUT2D eigenvalue weighted by Crippen LogP contribution is -2.41. The summed E-state index contributed by atoms with van der Waals surface area (Å²) in [5.74, 6) is -1.21. The fourth-order valence-electron chi connectivity index (χ4n) is 2.29. The number of halogens is 3. The molecule has 19 heavy (non-hydrogen) atoms. The molecule has 0 bridgehead atoms. The molecule has 0 amide bonds. The van der Waals surface area contributed by atoms with E-state index in [1.54, 1.807) is 0 Å². The van der Waals surface area contributed by atoms with Gasteiger partial charge in [-0.15, -0.1) is 5.10 Å². The summed E-state index contributed by atoms with van der Waals surface area (Å²) < 4.78 is 42.0. The second-order valence-electron chi connectivity index (χ2n) is 4.69. The lowest BCUT2D eigenvalue weighted by molar-refractivity contribution is -0.187. The van der Waals surface area contributed by atoms with E-state index in [1.165, 1.54) is 11.5 Å². The first-order valence-electron chi connectivity index (χ1n) is 6.35.